The van der Waals surface area contributed by atoms with Gasteiger partial charge in [0.15, 0.2) is 0 Å². The Labute approximate surface area is 161 Å². The van der Waals surface area contributed by atoms with E-state index in [4.69, 9.17) is 21.5 Å². The van der Waals surface area contributed by atoms with E-state index in [9.17, 15) is 4.79 Å². The summed E-state index contributed by atoms with van der Waals surface area (Å²) in [6, 6.07) is 8.21. The maximum absolute atomic E-state index is 12.3. The summed E-state index contributed by atoms with van der Waals surface area (Å²) < 4.78 is 0. The monoisotopic (exact) mass is 383 g/mol. The molecular weight excluding hydrogens is 354 g/mol. The Morgan fingerprint density at radius 1 is 1.27 bits per heavy atom. The lowest BCUT2D eigenvalue weighted by Crippen LogP contribution is -2.43. The van der Waals surface area contributed by atoms with Crippen LogP contribution in [0.3, 0.4) is 0 Å². The molecular formula is C19H30ClN3O3. The van der Waals surface area contributed by atoms with Gasteiger partial charge in [-0.1, -0.05) is 36.6 Å². The van der Waals surface area contributed by atoms with Crippen LogP contribution in [0.1, 0.15) is 44.2 Å². The van der Waals surface area contributed by atoms with Crippen molar-refractivity contribution in [3.05, 3.63) is 34.9 Å². The van der Waals surface area contributed by atoms with E-state index >= 15 is 0 Å². The van der Waals surface area contributed by atoms with Crippen LogP contribution >= 0.6 is 11.6 Å². The van der Waals surface area contributed by atoms with Gasteiger partial charge in [-0.3, -0.25) is 4.79 Å². The molecule has 7 heteroatoms. The molecule has 1 saturated carbocycles. The van der Waals surface area contributed by atoms with E-state index in [-0.39, 0.29) is 18.5 Å². The number of hydrogen-bond donors (Lipinski definition) is 2. The van der Waals surface area contributed by atoms with Gasteiger partial charge in [-0.25, -0.2) is 4.79 Å². The molecule has 1 aliphatic rings. The van der Waals surface area contributed by atoms with Crippen molar-refractivity contribution in [2.24, 2.45) is 0 Å². The zero-order chi connectivity index (χ0) is 19.5. The first-order chi connectivity index (χ1) is 12.4. The highest BCUT2D eigenvalue weighted by atomic mass is 35.5. The number of halogens is 1. The number of amides is 2. The minimum Gasteiger partial charge on any atom is -0.483 e. The van der Waals surface area contributed by atoms with Crippen LogP contribution in [0.25, 0.3) is 0 Å². The molecule has 1 aromatic rings. The van der Waals surface area contributed by atoms with Crippen molar-refractivity contribution in [2.45, 2.75) is 44.7 Å². The number of carbonyl (C=O) groups is 2. The van der Waals surface area contributed by atoms with Crippen molar-refractivity contribution in [3.8, 4) is 0 Å². The average Bonchev–Trinajstić information content (AvgIpc) is 3.15. The summed E-state index contributed by atoms with van der Waals surface area (Å²) in [7, 11) is 4.02. The first-order valence-corrected chi connectivity index (χ1v) is 9.32. The van der Waals surface area contributed by atoms with Crippen LogP contribution in [0.5, 0.6) is 0 Å². The number of carboxylic acid groups (broad SMARTS) is 1. The van der Waals surface area contributed by atoms with Crippen molar-refractivity contribution in [2.75, 3.05) is 27.2 Å². The summed E-state index contributed by atoms with van der Waals surface area (Å²) in [6.07, 6.45) is 5.26. The SMILES string of the molecule is C[C@@H](NC(=O)N(C)CCN(C)C1CCCC1)c1ccc(Cl)cc1.O=CO. The highest BCUT2D eigenvalue weighted by Crippen LogP contribution is 2.22. The van der Waals surface area contributed by atoms with Crippen LogP contribution in [0, 0.1) is 0 Å². The average molecular weight is 384 g/mol. The van der Waals surface area contributed by atoms with Crippen LogP contribution in [0.4, 0.5) is 4.79 Å². The Hall–Kier alpha value is -1.79. The molecule has 0 heterocycles. The number of nitrogens with zero attached hydrogens (tertiary/aromatic N) is 2. The highest BCUT2D eigenvalue weighted by Gasteiger charge is 2.20. The minimum atomic E-state index is -0.250. The van der Waals surface area contributed by atoms with Gasteiger partial charge in [-0.05, 0) is 44.5 Å². The van der Waals surface area contributed by atoms with Crippen LogP contribution in [0.2, 0.25) is 5.02 Å². The molecule has 146 valence electrons. The summed E-state index contributed by atoms with van der Waals surface area (Å²) in [4.78, 5) is 24.8. The van der Waals surface area contributed by atoms with Gasteiger partial charge >= 0.3 is 6.03 Å². The Kier molecular flexibility index (Phi) is 10.1. The van der Waals surface area contributed by atoms with Gasteiger partial charge in [0, 0.05) is 31.2 Å². The maximum atomic E-state index is 12.3. The fourth-order valence-electron chi connectivity index (χ4n) is 3.07. The molecule has 2 rings (SSSR count). The van der Waals surface area contributed by atoms with Crippen LogP contribution in [0.15, 0.2) is 24.3 Å². The highest BCUT2D eigenvalue weighted by molar-refractivity contribution is 6.30. The predicted molar refractivity (Wildman–Crippen MR) is 105 cm³/mol. The van der Waals surface area contributed by atoms with Gasteiger partial charge in [0.25, 0.3) is 6.47 Å². The molecule has 2 N–H and O–H groups in total. The van der Waals surface area contributed by atoms with Gasteiger partial charge in [-0.15, -0.1) is 0 Å². The molecule has 0 radical (unpaired) electrons. The summed E-state index contributed by atoms with van der Waals surface area (Å²) >= 11 is 5.90. The molecule has 0 bridgehead atoms. The van der Waals surface area contributed by atoms with Crippen LogP contribution < -0.4 is 5.32 Å². The number of likely N-dealkylation sites (N-methyl/N-ethyl adjacent to an activating group) is 2. The van der Waals surface area contributed by atoms with Crippen molar-refractivity contribution >= 4 is 24.1 Å². The normalized spacial score (nSPS) is 15.1. The number of rotatable bonds is 6. The van der Waals surface area contributed by atoms with E-state index in [0.717, 1.165) is 18.7 Å². The molecule has 0 saturated heterocycles. The van der Waals surface area contributed by atoms with Crippen LogP contribution in [-0.2, 0) is 4.79 Å². The molecule has 0 aliphatic heterocycles. The zero-order valence-electron chi connectivity index (χ0n) is 15.8. The van der Waals surface area contributed by atoms with Crippen molar-refractivity contribution in [3.63, 3.8) is 0 Å². The fourth-order valence-corrected chi connectivity index (χ4v) is 3.19. The number of benzene rings is 1. The van der Waals surface area contributed by atoms with Crippen molar-refractivity contribution in [1.29, 1.82) is 0 Å². The number of hydrogen-bond acceptors (Lipinski definition) is 3. The lowest BCUT2D eigenvalue weighted by atomic mass is 10.1. The number of carbonyl (C=O) groups excluding carboxylic acids is 1. The van der Waals surface area contributed by atoms with E-state index in [1.54, 1.807) is 4.90 Å². The Bertz CT molecular complexity index is 547. The Morgan fingerprint density at radius 2 is 1.81 bits per heavy atom. The summed E-state index contributed by atoms with van der Waals surface area (Å²) in [5, 5.41) is 10.6. The predicted octanol–water partition coefficient (Wildman–Crippen LogP) is 3.62. The molecule has 1 fully saturated rings. The first-order valence-electron chi connectivity index (χ1n) is 8.94. The topological polar surface area (TPSA) is 72.9 Å². The first kappa shape index (κ1) is 22.3. The molecule has 1 aromatic carbocycles. The molecule has 6 nitrogen and oxygen atoms in total. The second kappa shape index (κ2) is 11.8. The third-order valence-electron chi connectivity index (χ3n) is 4.79. The lowest BCUT2D eigenvalue weighted by Gasteiger charge is -2.27. The van der Waals surface area contributed by atoms with Crippen molar-refractivity contribution < 1.29 is 14.7 Å². The molecule has 26 heavy (non-hydrogen) atoms. The van der Waals surface area contributed by atoms with Gasteiger partial charge in [0.05, 0.1) is 6.04 Å². The summed E-state index contributed by atoms with van der Waals surface area (Å²) in [5.41, 5.74) is 1.05. The molecule has 0 spiro atoms. The molecule has 1 atom stereocenters. The van der Waals surface area contributed by atoms with Gasteiger partial charge in [-0.2, -0.15) is 0 Å². The molecule has 0 aromatic heterocycles. The second-order valence-corrected chi connectivity index (χ2v) is 7.11. The van der Waals surface area contributed by atoms with E-state index in [1.807, 2.05) is 38.2 Å². The van der Waals surface area contributed by atoms with Gasteiger partial charge in [0.2, 0.25) is 0 Å². The van der Waals surface area contributed by atoms with Gasteiger partial charge < -0.3 is 20.2 Å². The number of nitrogens with one attached hydrogen (secondary N) is 1. The minimum absolute atomic E-state index is 0.0326. The maximum Gasteiger partial charge on any atom is 0.317 e. The Balaban J connectivity index is 0.00000105. The summed E-state index contributed by atoms with van der Waals surface area (Å²) in [5.74, 6) is 0. The molecule has 2 amide bonds. The molecule has 0 unspecified atom stereocenters. The quantitative estimate of drug-likeness (QED) is 0.736. The smallest absolute Gasteiger partial charge is 0.317 e. The largest absolute Gasteiger partial charge is 0.483 e. The zero-order valence-corrected chi connectivity index (χ0v) is 16.6. The third-order valence-corrected chi connectivity index (χ3v) is 5.04. The van der Waals surface area contributed by atoms with E-state index in [2.05, 4.69) is 17.3 Å². The Morgan fingerprint density at radius 3 is 2.35 bits per heavy atom. The number of urea groups is 1. The fraction of sp³-hybridized carbons (Fsp3) is 0.579. The van der Waals surface area contributed by atoms with E-state index in [1.165, 1.54) is 25.7 Å². The molecule has 1 aliphatic carbocycles. The standard InChI is InChI=1S/C18H28ClN3O.CH2O2/c1-14(15-8-10-16(19)11-9-15)20-18(23)22(3)13-12-21(2)17-6-4-5-7-17;2-1-3/h8-11,14,17H,4-7,12-13H2,1-3H3,(H,20,23);1H,(H,2,3)/t14-;/m1./s1. The van der Waals surface area contributed by atoms with Crippen LogP contribution in [-0.4, -0.2) is 60.6 Å². The van der Waals surface area contributed by atoms with E-state index in [0.29, 0.717) is 11.1 Å². The van der Waals surface area contributed by atoms with E-state index < -0.39 is 0 Å². The lowest BCUT2D eigenvalue weighted by molar-refractivity contribution is -0.122. The van der Waals surface area contributed by atoms with Crippen molar-refractivity contribution in [1.82, 2.24) is 15.1 Å². The third kappa shape index (κ3) is 7.62. The van der Waals surface area contributed by atoms with Gasteiger partial charge in [0.1, 0.15) is 0 Å². The second-order valence-electron chi connectivity index (χ2n) is 6.67. The summed E-state index contributed by atoms with van der Waals surface area (Å²) in [6.45, 7) is 3.40.